The number of fused-ring (bicyclic) bond motifs is 1. The van der Waals surface area contributed by atoms with Gasteiger partial charge in [-0.05, 0) is 24.3 Å². The van der Waals surface area contributed by atoms with E-state index in [2.05, 4.69) is 25.8 Å². The zero-order valence-electron chi connectivity index (χ0n) is 12.2. The van der Waals surface area contributed by atoms with Crippen molar-refractivity contribution in [3.63, 3.8) is 0 Å². The van der Waals surface area contributed by atoms with Gasteiger partial charge in [-0.25, -0.2) is 4.98 Å². The monoisotopic (exact) mass is 297 g/mol. The maximum Gasteiger partial charge on any atom is 0.269 e. The van der Waals surface area contributed by atoms with Gasteiger partial charge in [0.15, 0.2) is 5.82 Å². The molecule has 0 radical (unpaired) electrons. The lowest BCUT2D eigenvalue weighted by atomic mass is 10.2. The van der Waals surface area contributed by atoms with Crippen molar-refractivity contribution in [2.24, 2.45) is 0 Å². The molecule has 1 aromatic carbocycles. The van der Waals surface area contributed by atoms with Crippen LogP contribution in [0.3, 0.4) is 0 Å². The van der Waals surface area contributed by atoms with Crippen LogP contribution in [0.2, 0.25) is 0 Å². The van der Waals surface area contributed by atoms with Gasteiger partial charge in [0.25, 0.3) is 5.91 Å². The van der Waals surface area contributed by atoms with Crippen LogP contribution in [0.25, 0.3) is 10.9 Å². The summed E-state index contributed by atoms with van der Waals surface area (Å²) in [5, 5.41) is 13.8. The second kappa shape index (κ2) is 5.72. The molecule has 0 fully saturated rings. The van der Waals surface area contributed by atoms with E-state index in [1.165, 1.54) is 7.11 Å². The highest BCUT2D eigenvalue weighted by molar-refractivity contribution is 5.94. The number of hydrogen-bond donors (Lipinski definition) is 3. The predicted octanol–water partition coefficient (Wildman–Crippen LogP) is 2.07. The highest BCUT2D eigenvalue weighted by atomic mass is 16.5. The smallest absolute Gasteiger partial charge is 0.269 e. The summed E-state index contributed by atoms with van der Waals surface area (Å²) in [5.41, 5.74) is 1.85. The Morgan fingerprint density at radius 3 is 2.82 bits per heavy atom. The van der Waals surface area contributed by atoms with E-state index >= 15 is 0 Å². The number of nitrogens with one attached hydrogen (secondary N) is 3. The minimum absolute atomic E-state index is 0.268. The fourth-order valence-electron chi connectivity index (χ4n) is 2.13. The normalized spacial score (nSPS) is 10.5. The molecule has 0 bridgehead atoms. The fraction of sp³-hybridized carbons (Fsp3) is 0.133. The van der Waals surface area contributed by atoms with E-state index in [1.54, 1.807) is 19.2 Å². The van der Waals surface area contributed by atoms with Crippen LogP contribution in [0.1, 0.15) is 10.5 Å². The van der Waals surface area contributed by atoms with Crippen molar-refractivity contribution in [3.8, 4) is 5.88 Å². The number of hydrogen-bond acceptors (Lipinski definition) is 5. The molecule has 2 heterocycles. The van der Waals surface area contributed by atoms with Crippen molar-refractivity contribution in [2.75, 3.05) is 19.5 Å². The van der Waals surface area contributed by atoms with Crippen molar-refractivity contribution in [2.45, 2.75) is 0 Å². The molecule has 0 aliphatic heterocycles. The molecule has 0 saturated carbocycles. The molecule has 0 unspecified atom stereocenters. The average Bonchev–Trinajstić information content (AvgIpc) is 2.97. The number of H-pyrrole nitrogens is 1. The predicted molar refractivity (Wildman–Crippen MR) is 83.6 cm³/mol. The zero-order valence-corrected chi connectivity index (χ0v) is 12.2. The number of aromatic amines is 1. The molecule has 0 spiro atoms. The highest BCUT2D eigenvalue weighted by Gasteiger charge is 2.13. The Kier molecular flexibility index (Phi) is 3.61. The standard InChI is InChI=1S/C15H15N5O2/c1-16-14(21)11-7-8-12(15(18-11)22-2)17-13-9-5-3-4-6-10(9)19-20-13/h3-8H,1-2H3,(H,16,21)(H2,17,19,20). The lowest BCUT2D eigenvalue weighted by Gasteiger charge is -2.10. The summed E-state index contributed by atoms with van der Waals surface area (Å²) in [6.07, 6.45) is 0. The second-order valence-corrected chi connectivity index (χ2v) is 4.58. The van der Waals surface area contributed by atoms with Crippen LogP contribution in [-0.2, 0) is 0 Å². The summed E-state index contributed by atoms with van der Waals surface area (Å²) in [6.45, 7) is 0. The number of carbonyl (C=O) groups is 1. The average molecular weight is 297 g/mol. The number of aromatic nitrogens is 3. The summed E-state index contributed by atoms with van der Waals surface area (Å²) in [4.78, 5) is 15.8. The van der Waals surface area contributed by atoms with Gasteiger partial charge in [-0.15, -0.1) is 0 Å². The first-order valence-corrected chi connectivity index (χ1v) is 6.70. The van der Waals surface area contributed by atoms with E-state index in [0.717, 1.165) is 10.9 Å². The first-order chi connectivity index (χ1) is 10.7. The molecule has 0 aliphatic carbocycles. The van der Waals surface area contributed by atoms with Gasteiger partial charge in [-0.1, -0.05) is 12.1 Å². The third-order valence-electron chi connectivity index (χ3n) is 3.24. The third-order valence-corrected chi connectivity index (χ3v) is 3.24. The van der Waals surface area contributed by atoms with E-state index in [1.807, 2.05) is 24.3 Å². The summed E-state index contributed by atoms with van der Waals surface area (Å²) in [5.74, 6) is 0.728. The molecule has 2 aromatic heterocycles. The summed E-state index contributed by atoms with van der Waals surface area (Å²) in [7, 11) is 3.06. The fourth-order valence-corrected chi connectivity index (χ4v) is 2.13. The molecule has 1 amide bonds. The summed E-state index contributed by atoms with van der Waals surface area (Å²) >= 11 is 0. The number of ether oxygens (including phenoxy) is 1. The maximum absolute atomic E-state index is 11.6. The van der Waals surface area contributed by atoms with Crippen molar-refractivity contribution < 1.29 is 9.53 Å². The SMILES string of the molecule is CNC(=O)c1ccc(Nc2n[nH]c3ccccc23)c(OC)n1. The molecule has 0 atom stereocenters. The molecule has 7 heteroatoms. The number of rotatable bonds is 4. The molecule has 3 N–H and O–H groups in total. The lowest BCUT2D eigenvalue weighted by molar-refractivity contribution is 0.0957. The minimum Gasteiger partial charge on any atom is -0.479 e. The van der Waals surface area contributed by atoms with E-state index in [9.17, 15) is 4.79 Å². The van der Waals surface area contributed by atoms with Crippen molar-refractivity contribution in [1.82, 2.24) is 20.5 Å². The molecule has 7 nitrogen and oxygen atoms in total. The van der Waals surface area contributed by atoms with Gasteiger partial charge >= 0.3 is 0 Å². The number of benzene rings is 1. The number of methoxy groups -OCH3 is 1. The Morgan fingerprint density at radius 2 is 2.05 bits per heavy atom. The lowest BCUT2D eigenvalue weighted by Crippen LogP contribution is -2.19. The summed E-state index contributed by atoms with van der Waals surface area (Å²) < 4.78 is 5.25. The molecule has 22 heavy (non-hydrogen) atoms. The number of amides is 1. The van der Waals surface area contributed by atoms with E-state index in [-0.39, 0.29) is 11.6 Å². The van der Waals surface area contributed by atoms with Gasteiger partial charge < -0.3 is 15.4 Å². The molecule has 3 aromatic rings. The molecular weight excluding hydrogens is 282 g/mol. The Hall–Kier alpha value is -3.09. The first kappa shape index (κ1) is 13.9. The van der Waals surface area contributed by atoms with E-state index in [0.29, 0.717) is 17.4 Å². The van der Waals surface area contributed by atoms with Crippen LogP contribution in [0, 0.1) is 0 Å². The summed E-state index contributed by atoms with van der Waals surface area (Å²) in [6, 6.07) is 11.1. The largest absolute Gasteiger partial charge is 0.479 e. The third kappa shape index (κ3) is 2.44. The Balaban J connectivity index is 1.96. The molecule has 112 valence electrons. The molecule has 3 rings (SSSR count). The zero-order chi connectivity index (χ0) is 15.5. The molecular formula is C15H15N5O2. The number of carbonyl (C=O) groups excluding carboxylic acids is 1. The van der Waals surface area contributed by atoms with Crippen molar-refractivity contribution in [1.29, 1.82) is 0 Å². The van der Waals surface area contributed by atoms with Gasteiger partial charge in [0.2, 0.25) is 5.88 Å². The quantitative estimate of drug-likeness (QED) is 0.685. The number of para-hydroxylation sites is 1. The number of pyridine rings is 1. The van der Waals surface area contributed by atoms with Crippen LogP contribution >= 0.6 is 0 Å². The topological polar surface area (TPSA) is 91.9 Å². The Bertz CT molecular complexity index is 828. The van der Waals surface area contributed by atoms with E-state index < -0.39 is 0 Å². The van der Waals surface area contributed by atoms with Gasteiger partial charge in [0, 0.05) is 12.4 Å². The molecule has 0 saturated heterocycles. The van der Waals surface area contributed by atoms with Gasteiger partial charge in [-0.3, -0.25) is 9.89 Å². The number of anilines is 2. The van der Waals surface area contributed by atoms with Crippen molar-refractivity contribution in [3.05, 3.63) is 42.1 Å². The Labute approximate surface area is 126 Å². The molecule has 0 aliphatic rings. The first-order valence-electron chi connectivity index (χ1n) is 6.70. The second-order valence-electron chi connectivity index (χ2n) is 4.58. The highest BCUT2D eigenvalue weighted by Crippen LogP contribution is 2.28. The van der Waals surface area contributed by atoms with Crippen LogP contribution in [-0.4, -0.2) is 35.2 Å². The van der Waals surface area contributed by atoms with Crippen LogP contribution in [0.15, 0.2) is 36.4 Å². The number of nitrogens with zero attached hydrogens (tertiary/aromatic N) is 2. The van der Waals surface area contributed by atoms with Crippen molar-refractivity contribution >= 4 is 28.3 Å². The van der Waals surface area contributed by atoms with Gasteiger partial charge in [0.05, 0.1) is 12.6 Å². The van der Waals surface area contributed by atoms with Gasteiger partial charge in [0.1, 0.15) is 11.4 Å². The van der Waals surface area contributed by atoms with Crippen LogP contribution < -0.4 is 15.4 Å². The minimum atomic E-state index is -0.268. The van der Waals surface area contributed by atoms with Crippen LogP contribution in [0.4, 0.5) is 11.5 Å². The van der Waals surface area contributed by atoms with E-state index in [4.69, 9.17) is 4.74 Å². The van der Waals surface area contributed by atoms with Gasteiger partial charge in [-0.2, -0.15) is 5.10 Å². The van der Waals surface area contributed by atoms with Crippen LogP contribution in [0.5, 0.6) is 5.88 Å². The maximum atomic E-state index is 11.6. The Morgan fingerprint density at radius 1 is 1.23 bits per heavy atom.